The fraction of sp³-hybridized carbons (Fsp3) is 0.150. The van der Waals surface area contributed by atoms with E-state index in [9.17, 15) is 9.59 Å². The third-order valence-corrected chi connectivity index (χ3v) is 3.91. The Bertz CT molecular complexity index is 933. The summed E-state index contributed by atoms with van der Waals surface area (Å²) in [4.78, 5) is 24.2. The number of nitrogens with one attached hydrogen (secondary N) is 1. The van der Waals surface area contributed by atoms with E-state index in [-0.39, 0.29) is 18.0 Å². The molecule has 1 N–H and O–H groups in total. The molecule has 5 heteroatoms. The van der Waals surface area contributed by atoms with Crippen LogP contribution in [0.1, 0.15) is 11.1 Å². The zero-order chi connectivity index (χ0) is 17.6. The molecular weight excluding hydrogens is 314 g/mol. The first-order valence-corrected chi connectivity index (χ1v) is 8.08. The molecule has 0 aliphatic carbocycles. The van der Waals surface area contributed by atoms with Crippen molar-refractivity contribution in [2.45, 2.75) is 20.0 Å². The van der Waals surface area contributed by atoms with Gasteiger partial charge in [0, 0.05) is 18.2 Å². The van der Waals surface area contributed by atoms with Crippen LogP contribution >= 0.6 is 0 Å². The third kappa shape index (κ3) is 4.20. The van der Waals surface area contributed by atoms with Gasteiger partial charge in [0.15, 0.2) is 0 Å². The molecule has 0 bridgehead atoms. The molecule has 0 spiro atoms. The first kappa shape index (κ1) is 16.6. The molecule has 0 fully saturated rings. The molecule has 2 aromatic carbocycles. The van der Waals surface area contributed by atoms with E-state index in [1.807, 2.05) is 61.5 Å². The SMILES string of the molecule is Cc1ccccc1-c1ccc(=O)n(CC(=O)NCc2ccccc2)n1. The lowest BCUT2D eigenvalue weighted by atomic mass is 10.1. The molecule has 0 saturated carbocycles. The van der Waals surface area contributed by atoms with Crippen molar-refractivity contribution < 1.29 is 4.79 Å². The zero-order valence-corrected chi connectivity index (χ0v) is 14.0. The number of nitrogens with zero attached hydrogens (tertiary/aromatic N) is 2. The number of carbonyl (C=O) groups excluding carboxylic acids is 1. The Kier molecular flexibility index (Phi) is 5.04. The molecule has 3 rings (SSSR count). The minimum absolute atomic E-state index is 0.106. The summed E-state index contributed by atoms with van der Waals surface area (Å²) in [6.45, 7) is 2.30. The number of carbonyl (C=O) groups is 1. The zero-order valence-electron chi connectivity index (χ0n) is 14.0. The van der Waals surface area contributed by atoms with Gasteiger partial charge in [0.05, 0.1) is 5.69 Å². The minimum Gasteiger partial charge on any atom is -0.350 e. The first-order chi connectivity index (χ1) is 12.1. The van der Waals surface area contributed by atoms with Crippen LogP contribution in [-0.4, -0.2) is 15.7 Å². The number of hydrogen-bond donors (Lipinski definition) is 1. The lowest BCUT2D eigenvalue weighted by Gasteiger charge is -2.09. The summed E-state index contributed by atoms with van der Waals surface area (Å²) < 4.78 is 1.20. The summed E-state index contributed by atoms with van der Waals surface area (Å²) in [5.41, 5.74) is 3.39. The van der Waals surface area contributed by atoms with E-state index in [0.717, 1.165) is 16.7 Å². The Labute approximate surface area is 145 Å². The van der Waals surface area contributed by atoms with Crippen molar-refractivity contribution in [1.29, 1.82) is 0 Å². The molecular formula is C20H19N3O2. The summed E-state index contributed by atoms with van der Waals surface area (Å²) in [6, 6.07) is 20.6. The van der Waals surface area contributed by atoms with Crippen LogP contribution in [0.25, 0.3) is 11.3 Å². The average molecular weight is 333 g/mol. The van der Waals surface area contributed by atoms with Gasteiger partial charge in [-0.25, -0.2) is 4.68 Å². The van der Waals surface area contributed by atoms with Crippen LogP contribution in [-0.2, 0) is 17.9 Å². The van der Waals surface area contributed by atoms with E-state index >= 15 is 0 Å². The van der Waals surface area contributed by atoms with Gasteiger partial charge in [-0.3, -0.25) is 9.59 Å². The van der Waals surface area contributed by atoms with Crippen molar-refractivity contribution in [3.63, 3.8) is 0 Å². The normalized spacial score (nSPS) is 10.4. The Morgan fingerprint density at radius 2 is 1.72 bits per heavy atom. The molecule has 126 valence electrons. The molecule has 5 nitrogen and oxygen atoms in total. The lowest BCUT2D eigenvalue weighted by Crippen LogP contribution is -2.33. The standard InChI is InChI=1S/C20H19N3O2/c1-15-7-5-6-10-17(15)18-11-12-20(25)23(22-18)14-19(24)21-13-16-8-3-2-4-9-16/h2-12H,13-14H2,1H3,(H,21,24). The molecule has 3 aromatic rings. The van der Waals surface area contributed by atoms with E-state index in [1.54, 1.807) is 6.07 Å². The Balaban J connectivity index is 1.74. The maximum Gasteiger partial charge on any atom is 0.267 e. The summed E-state index contributed by atoms with van der Waals surface area (Å²) in [6.07, 6.45) is 0. The highest BCUT2D eigenvalue weighted by molar-refractivity contribution is 5.75. The van der Waals surface area contributed by atoms with E-state index in [1.165, 1.54) is 10.7 Å². The second kappa shape index (κ2) is 7.57. The van der Waals surface area contributed by atoms with Crippen LogP contribution in [0.5, 0.6) is 0 Å². The maximum absolute atomic E-state index is 12.1. The van der Waals surface area contributed by atoms with Gasteiger partial charge in [0.2, 0.25) is 5.91 Å². The molecule has 0 radical (unpaired) electrons. The van der Waals surface area contributed by atoms with Crippen molar-refractivity contribution >= 4 is 5.91 Å². The Morgan fingerprint density at radius 3 is 2.48 bits per heavy atom. The average Bonchev–Trinajstić information content (AvgIpc) is 2.63. The molecule has 1 amide bonds. The number of amides is 1. The van der Waals surface area contributed by atoms with Gasteiger partial charge in [-0.05, 0) is 24.1 Å². The second-order valence-electron chi connectivity index (χ2n) is 5.79. The maximum atomic E-state index is 12.1. The van der Waals surface area contributed by atoms with Crippen molar-refractivity contribution in [3.8, 4) is 11.3 Å². The summed E-state index contributed by atoms with van der Waals surface area (Å²) in [5, 5.41) is 7.15. The third-order valence-electron chi connectivity index (χ3n) is 3.91. The smallest absolute Gasteiger partial charge is 0.267 e. The van der Waals surface area contributed by atoms with Crippen LogP contribution < -0.4 is 10.9 Å². The predicted molar refractivity (Wildman–Crippen MR) is 97.0 cm³/mol. The van der Waals surface area contributed by atoms with Gasteiger partial charge in [-0.15, -0.1) is 0 Å². The molecule has 25 heavy (non-hydrogen) atoms. The molecule has 0 atom stereocenters. The lowest BCUT2D eigenvalue weighted by molar-refractivity contribution is -0.122. The van der Waals surface area contributed by atoms with Crippen LogP contribution in [0.15, 0.2) is 71.5 Å². The van der Waals surface area contributed by atoms with Gasteiger partial charge in [0.25, 0.3) is 5.56 Å². The quantitative estimate of drug-likeness (QED) is 0.780. The number of aryl methyl sites for hydroxylation is 1. The fourth-order valence-electron chi connectivity index (χ4n) is 2.55. The first-order valence-electron chi connectivity index (χ1n) is 8.08. The van der Waals surface area contributed by atoms with Gasteiger partial charge < -0.3 is 5.32 Å². The minimum atomic E-state index is -0.299. The van der Waals surface area contributed by atoms with Crippen LogP contribution in [0, 0.1) is 6.92 Å². The van der Waals surface area contributed by atoms with Crippen LogP contribution in [0.2, 0.25) is 0 Å². The van der Waals surface area contributed by atoms with Crippen molar-refractivity contribution in [2.24, 2.45) is 0 Å². The van der Waals surface area contributed by atoms with Gasteiger partial charge in [0.1, 0.15) is 6.54 Å². The van der Waals surface area contributed by atoms with E-state index < -0.39 is 0 Å². The molecule has 0 aliphatic heterocycles. The van der Waals surface area contributed by atoms with Gasteiger partial charge in [-0.1, -0.05) is 54.6 Å². The number of aromatic nitrogens is 2. The van der Waals surface area contributed by atoms with Crippen LogP contribution in [0.3, 0.4) is 0 Å². The highest BCUT2D eigenvalue weighted by atomic mass is 16.2. The Hall–Kier alpha value is -3.21. The van der Waals surface area contributed by atoms with E-state index in [2.05, 4.69) is 10.4 Å². The molecule has 0 unspecified atom stereocenters. The highest BCUT2D eigenvalue weighted by Gasteiger charge is 2.09. The van der Waals surface area contributed by atoms with Crippen LogP contribution in [0.4, 0.5) is 0 Å². The second-order valence-corrected chi connectivity index (χ2v) is 5.79. The van der Waals surface area contributed by atoms with Gasteiger partial charge >= 0.3 is 0 Å². The monoisotopic (exact) mass is 333 g/mol. The molecule has 1 aromatic heterocycles. The van der Waals surface area contributed by atoms with Crippen molar-refractivity contribution in [2.75, 3.05) is 0 Å². The van der Waals surface area contributed by atoms with E-state index in [0.29, 0.717) is 12.2 Å². The van der Waals surface area contributed by atoms with Gasteiger partial charge in [-0.2, -0.15) is 5.10 Å². The van der Waals surface area contributed by atoms with E-state index in [4.69, 9.17) is 0 Å². The largest absolute Gasteiger partial charge is 0.350 e. The number of benzene rings is 2. The highest BCUT2D eigenvalue weighted by Crippen LogP contribution is 2.19. The van der Waals surface area contributed by atoms with Crippen molar-refractivity contribution in [3.05, 3.63) is 88.2 Å². The fourth-order valence-corrected chi connectivity index (χ4v) is 2.55. The number of rotatable bonds is 5. The number of hydrogen-bond acceptors (Lipinski definition) is 3. The predicted octanol–water partition coefficient (Wildman–Crippen LogP) is 2.54. The molecule has 0 aliphatic rings. The molecule has 1 heterocycles. The molecule has 0 saturated heterocycles. The topological polar surface area (TPSA) is 64.0 Å². The summed E-state index contributed by atoms with van der Waals surface area (Å²) in [7, 11) is 0. The summed E-state index contributed by atoms with van der Waals surface area (Å²) >= 11 is 0. The Morgan fingerprint density at radius 1 is 1.00 bits per heavy atom. The van der Waals surface area contributed by atoms with Crippen molar-refractivity contribution in [1.82, 2.24) is 15.1 Å². The summed E-state index contributed by atoms with van der Waals surface area (Å²) in [5.74, 6) is -0.250.